The molecule has 3 rings (SSSR count). The zero-order valence-corrected chi connectivity index (χ0v) is 13.3. The van der Waals surface area contributed by atoms with E-state index in [9.17, 15) is 0 Å². The van der Waals surface area contributed by atoms with Gasteiger partial charge in [-0.25, -0.2) is 0 Å². The lowest BCUT2D eigenvalue weighted by Crippen LogP contribution is -2.41. The zero-order valence-electron chi connectivity index (χ0n) is 13.3. The van der Waals surface area contributed by atoms with Crippen molar-refractivity contribution in [2.24, 2.45) is 0 Å². The summed E-state index contributed by atoms with van der Waals surface area (Å²) in [4.78, 5) is 0. The van der Waals surface area contributed by atoms with Gasteiger partial charge in [-0.2, -0.15) is 0 Å². The number of hydrogen-bond donors (Lipinski definition) is 0. The van der Waals surface area contributed by atoms with Crippen molar-refractivity contribution >= 4 is 18.2 Å². The van der Waals surface area contributed by atoms with E-state index in [1.807, 2.05) is 51.3 Å². The molecule has 6 nitrogen and oxygen atoms in total. The molecule has 0 bridgehead atoms. The monoisotopic (exact) mass is 289 g/mol. The molecule has 0 saturated carbocycles. The van der Waals surface area contributed by atoms with Crippen LogP contribution in [0.5, 0.6) is 5.75 Å². The van der Waals surface area contributed by atoms with Crippen molar-refractivity contribution in [3.8, 4) is 5.75 Å². The van der Waals surface area contributed by atoms with Gasteiger partial charge in [-0.05, 0) is 40.7 Å². The summed E-state index contributed by atoms with van der Waals surface area (Å²) in [6.45, 7) is 10.0. The SMILES string of the molecule is COc1cc(B2OC(C)(C)C(C)(C)O2)cn2c(C)nnc12. The third-order valence-electron chi connectivity index (χ3n) is 4.41. The molecule has 0 N–H and O–H groups in total. The Morgan fingerprint density at radius 2 is 1.76 bits per heavy atom. The third-order valence-corrected chi connectivity index (χ3v) is 4.41. The van der Waals surface area contributed by atoms with E-state index in [0.717, 1.165) is 11.3 Å². The molecular weight excluding hydrogens is 269 g/mol. The largest absolute Gasteiger partial charge is 0.496 e. The summed E-state index contributed by atoms with van der Waals surface area (Å²) in [5.41, 5.74) is 0.834. The van der Waals surface area contributed by atoms with Gasteiger partial charge in [0.1, 0.15) is 5.82 Å². The molecule has 112 valence electrons. The van der Waals surface area contributed by atoms with Crippen molar-refractivity contribution in [2.45, 2.75) is 45.8 Å². The predicted octanol–water partition coefficient (Wildman–Crippen LogP) is 1.35. The highest BCUT2D eigenvalue weighted by Gasteiger charge is 2.52. The summed E-state index contributed by atoms with van der Waals surface area (Å²) in [6.07, 6.45) is 1.94. The number of aryl methyl sites for hydroxylation is 1. The van der Waals surface area contributed by atoms with Gasteiger partial charge in [-0.1, -0.05) is 0 Å². The van der Waals surface area contributed by atoms with Crippen LogP contribution < -0.4 is 10.2 Å². The molecular formula is C14H20BN3O3. The van der Waals surface area contributed by atoms with Crippen LogP contribution in [0.25, 0.3) is 5.65 Å². The van der Waals surface area contributed by atoms with Gasteiger partial charge in [-0.15, -0.1) is 10.2 Å². The molecule has 3 heterocycles. The second-order valence-electron chi connectivity index (χ2n) is 6.37. The number of methoxy groups -OCH3 is 1. The molecule has 0 atom stereocenters. The number of fused-ring (bicyclic) bond motifs is 1. The van der Waals surface area contributed by atoms with E-state index in [2.05, 4.69) is 10.2 Å². The van der Waals surface area contributed by atoms with Crippen molar-refractivity contribution in [3.05, 3.63) is 18.1 Å². The Bertz CT molecular complexity index is 680. The highest BCUT2D eigenvalue weighted by Crippen LogP contribution is 2.36. The van der Waals surface area contributed by atoms with Crippen LogP contribution in [-0.4, -0.2) is 40.0 Å². The van der Waals surface area contributed by atoms with Crippen LogP contribution in [0.2, 0.25) is 0 Å². The fourth-order valence-corrected chi connectivity index (χ4v) is 2.35. The lowest BCUT2D eigenvalue weighted by Gasteiger charge is -2.32. The predicted molar refractivity (Wildman–Crippen MR) is 80.0 cm³/mol. The van der Waals surface area contributed by atoms with Crippen molar-refractivity contribution in [2.75, 3.05) is 7.11 Å². The van der Waals surface area contributed by atoms with E-state index in [-0.39, 0.29) is 11.2 Å². The molecule has 7 heteroatoms. The molecule has 21 heavy (non-hydrogen) atoms. The van der Waals surface area contributed by atoms with Gasteiger partial charge in [-0.3, -0.25) is 4.40 Å². The average molecular weight is 289 g/mol. The number of ether oxygens (including phenoxy) is 1. The van der Waals surface area contributed by atoms with E-state index < -0.39 is 7.12 Å². The van der Waals surface area contributed by atoms with Gasteiger partial charge >= 0.3 is 7.12 Å². The van der Waals surface area contributed by atoms with Crippen LogP contribution in [0.1, 0.15) is 33.5 Å². The van der Waals surface area contributed by atoms with Crippen LogP contribution in [-0.2, 0) is 9.31 Å². The summed E-state index contributed by atoms with van der Waals surface area (Å²) in [6, 6.07) is 1.89. The number of rotatable bonds is 2. The van der Waals surface area contributed by atoms with Crippen molar-refractivity contribution < 1.29 is 14.0 Å². The topological polar surface area (TPSA) is 57.9 Å². The first kappa shape index (κ1) is 14.3. The fourth-order valence-electron chi connectivity index (χ4n) is 2.35. The average Bonchev–Trinajstić information content (AvgIpc) is 2.87. The Morgan fingerprint density at radius 3 is 2.33 bits per heavy atom. The highest BCUT2D eigenvalue weighted by atomic mass is 16.7. The first-order valence-electron chi connectivity index (χ1n) is 7.00. The Labute approximate surface area is 124 Å². The Hall–Kier alpha value is -1.60. The van der Waals surface area contributed by atoms with Crippen LogP contribution in [0.3, 0.4) is 0 Å². The fraction of sp³-hybridized carbons (Fsp3) is 0.571. The number of nitrogens with zero attached hydrogens (tertiary/aromatic N) is 3. The molecule has 2 aromatic rings. The van der Waals surface area contributed by atoms with Gasteiger partial charge in [0.25, 0.3) is 0 Å². The van der Waals surface area contributed by atoms with E-state index >= 15 is 0 Å². The molecule has 2 aromatic heterocycles. The van der Waals surface area contributed by atoms with E-state index in [4.69, 9.17) is 14.0 Å². The van der Waals surface area contributed by atoms with Gasteiger partial charge in [0.2, 0.25) is 5.65 Å². The van der Waals surface area contributed by atoms with Crippen LogP contribution >= 0.6 is 0 Å². The second-order valence-corrected chi connectivity index (χ2v) is 6.37. The van der Waals surface area contributed by atoms with Gasteiger partial charge < -0.3 is 14.0 Å². The lowest BCUT2D eigenvalue weighted by molar-refractivity contribution is 0.00578. The minimum absolute atomic E-state index is 0.373. The molecule has 1 aliphatic rings. The maximum atomic E-state index is 6.08. The smallest absolute Gasteiger partial charge is 0.493 e. The zero-order chi connectivity index (χ0) is 15.4. The Kier molecular flexibility index (Phi) is 3.04. The van der Waals surface area contributed by atoms with Crippen LogP contribution in [0.4, 0.5) is 0 Å². The summed E-state index contributed by atoms with van der Waals surface area (Å²) < 4.78 is 19.5. The molecule has 0 aromatic carbocycles. The van der Waals surface area contributed by atoms with Crippen LogP contribution in [0, 0.1) is 6.92 Å². The molecule has 0 amide bonds. The first-order chi connectivity index (χ1) is 9.75. The summed E-state index contributed by atoms with van der Waals surface area (Å²) >= 11 is 0. The molecule has 0 radical (unpaired) electrons. The Morgan fingerprint density at radius 1 is 1.14 bits per heavy atom. The molecule has 0 aliphatic carbocycles. The standard InChI is InChI=1S/C14H20BN3O3/c1-9-16-17-12-11(19-6)7-10(8-18(9)12)15-20-13(2,3)14(4,5)21-15/h7-8H,1-6H3. The van der Waals surface area contributed by atoms with Crippen molar-refractivity contribution in [1.29, 1.82) is 0 Å². The molecule has 1 fully saturated rings. The minimum Gasteiger partial charge on any atom is -0.493 e. The van der Waals surface area contributed by atoms with Gasteiger partial charge in [0.05, 0.1) is 18.3 Å². The third kappa shape index (κ3) is 2.11. The van der Waals surface area contributed by atoms with E-state index in [1.165, 1.54) is 0 Å². The second kappa shape index (κ2) is 4.45. The summed E-state index contributed by atoms with van der Waals surface area (Å²) in [7, 11) is 1.18. The first-order valence-corrected chi connectivity index (χ1v) is 7.00. The van der Waals surface area contributed by atoms with Gasteiger partial charge in [0.15, 0.2) is 5.75 Å². The maximum Gasteiger partial charge on any atom is 0.496 e. The van der Waals surface area contributed by atoms with E-state index in [1.54, 1.807) is 7.11 Å². The van der Waals surface area contributed by atoms with Crippen molar-refractivity contribution in [1.82, 2.24) is 14.6 Å². The molecule has 1 saturated heterocycles. The molecule has 1 aliphatic heterocycles. The normalized spacial score (nSPS) is 20.2. The minimum atomic E-state index is -0.435. The number of aromatic nitrogens is 3. The van der Waals surface area contributed by atoms with Crippen molar-refractivity contribution in [3.63, 3.8) is 0 Å². The maximum absolute atomic E-state index is 6.08. The number of hydrogen-bond acceptors (Lipinski definition) is 5. The Balaban J connectivity index is 2.08. The van der Waals surface area contributed by atoms with Crippen LogP contribution in [0.15, 0.2) is 12.3 Å². The lowest BCUT2D eigenvalue weighted by atomic mass is 9.80. The van der Waals surface area contributed by atoms with Gasteiger partial charge in [0, 0.05) is 11.7 Å². The van der Waals surface area contributed by atoms with E-state index in [0.29, 0.717) is 11.4 Å². The summed E-state index contributed by atoms with van der Waals surface area (Å²) in [5, 5.41) is 8.20. The highest BCUT2D eigenvalue weighted by molar-refractivity contribution is 6.62. The summed E-state index contributed by atoms with van der Waals surface area (Å²) in [5.74, 6) is 1.45. The molecule has 0 unspecified atom stereocenters. The quantitative estimate of drug-likeness (QED) is 0.781. The molecule has 0 spiro atoms. The number of pyridine rings is 1.